The van der Waals surface area contributed by atoms with Gasteiger partial charge in [-0.25, -0.2) is 0 Å². The molecule has 0 N–H and O–H groups in total. The highest BCUT2D eigenvalue weighted by Gasteiger charge is 2.22. The number of phosphoric acid groups is 1. The summed E-state index contributed by atoms with van der Waals surface area (Å²) in [6.07, 6.45) is 75.3. The number of carbonyl (C=O) groups is 2. The number of esters is 2. The SMILES string of the molecule is CC/C=C\C/C=C\C/C=C\C/C=C\C/C=C\C/C=C\C/C=C\CCCCCCCCCCCCCCCCCCCCCC(=O)OC(COC(=O)CCCCCCCCCCCC)COP(=O)([O-])OCC[N+](C)(C)C. The van der Waals surface area contributed by atoms with Gasteiger partial charge in [-0.2, -0.15) is 0 Å². The summed E-state index contributed by atoms with van der Waals surface area (Å²) in [6, 6.07) is 0. The van der Waals surface area contributed by atoms with Crippen molar-refractivity contribution in [3.63, 3.8) is 0 Å². The maximum atomic E-state index is 12.8. The van der Waals surface area contributed by atoms with E-state index >= 15 is 0 Å². The summed E-state index contributed by atoms with van der Waals surface area (Å²) in [5.41, 5.74) is 0. The Hall–Kier alpha value is -2.81. The molecule has 0 fully saturated rings. The monoisotopic (exact) mass is 1070 g/mol. The van der Waals surface area contributed by atoms with Crippen LogP contribution in [0.15, 0.2) is 85.1 Å². The maximum absolute atomic E-state index is 12.8. The molecule has 0 radical (unpaired) electrons. The molecule has 0 aliphatic heterocycles. The molecule has 0 bridgehead atoms. The zero-order chi connectivity index (χ0) is 54.9. The standard InChI is InChI=1S/C65H116NO8P/c1-6-8-10-12-14-16-18-19-20-21-22-23-24-25-26-27-28-29-30-31-32-33-34-35-36-37-38-39-40-41-42-43-44-45-46-47-48-50-52-54-56-58-65(68)74-63(62-73-75(69,70)72-60-59-66(3,4)5)61-71-64(67)57-55-53-51-49-17-15-13-11-9-7-2/h8,10,14,16,19-20,22-23,25-26,28-29,31-32,63H,6-7,9,11-13,15,17-18,21,24,27,30,33-62H2,1-5H3/b10-8-,16-14-,20-19-,23-22-,26-25-,29-28-,32-31-. The normalized spacial score (nSPS) is 13.8. The van der Waals surface area contributed by atoms with E-state index in [-0.39, 0.29) is 32.0 Å². The molecule has 2 unspecified atom stereocenters. The van der Waals surface area contributed by atoms with Gasteiger partial charge in [-0.1, -0.05) is 266 Å². The maximum Gasteiger partial charge on any atom is 0.306 e. The van der Waals surface area contributed by atoms with Crippen LogP contribution in [0.25, 0.3) is 0 Å². The van der Waals surface area contributed by atoms with Gasteiger partial charge in [0, 0.05) is 12.8 Å². The molecule has 0 aromatic rings. The highest BCUT2D eigenvalue weighted by atomic mass is 31.2. The molecular formula is C65H116NO8P. The van der Waals surface area contributed by atoms with Gasteiger partial charge in [0.25, 0.3) is 7.82 Å². The Kier molecular flexibility index (Phi) is 53.8. The second-order valence-electron chi connectivity index (χ2n) is 21.7. The number of allylic oxidation sites excluding steroid dienone is 14. The average Bonchev–Trinajstić information content (AvgIpc) is 3.37. The van der Waals surface area contributed by atoms with Crippen LogP contribution in [0.1, 0.15) is 264 Å². The summed E-state index contributed by atoms with van der Waals surface area (Å²) in [6.45, 7) is 4.12. The van der Waals surface area contributed by atoms with E-state index in [0.717, 1.165) is 83.5 Å². The first-order valence-corrected chi connectivity index (χ1v) is 32.3. The number of likely N-dealkylation sites (N-methyl/N-ethyl adjacent to an activating group) is 1. The molecule has 9 nitrogen and oxygen atoms in total. The van der Waals surface area contributed by atoms with Crippen molar-refractivity contribution in [2.75, 3.05) is 47.5 Å². The second kappa shape index (κ2) is 55.9. The molecule has 0 aromatic carbocycles. The molecule has 0 amide bonds. The van der Waals surface area contributed by atoms with Gasteiger partial charge in [0.15, 0.2) is 6.10 Å². The van der Waals surface area contributed by atoms with Gasteiger partial charge >= 0.3 is 11.9 Å². The zero-order valence-electron chi connectivity index (χ0n) is 49.2. The van der Waals surface area contributed by atoms with Crippen LogP contribution in [0.3, 0.4) is 0 Å². The fourth-order valence-electron chi connectivity index (χ4n) is 8.46. The van der Waals surface area contributed by atoms with Gasteiger partial charge in [-0.05, 0) is 70.6 Å². The van der Waals surface area contributed by atoms with Crippen LogP contribution in [0.5, 0.6) is 0 Å². The zero-order valence-corrected chi connectivity index (χ0v) is 50.1. The van der Waals surface area contributed by atoms with E-state index < -0.39 is 26.5 Å². The van der Waals surface area contributed by atoms with E-state index in [1.165, 1.54) is 148 Å². The van der Waals surface area contributed by atoms with Crippen LogP contribution in [0.4, 0.5) is 0 Å². The highest BCUT2D eigenvalue weighted by Crippen LogP contribution is 2.38. The van der Waals surface area contributed by atoms with Crippen molar-refractivity contribution in [1.82, 2.24) is 0 Å². The summed E-state index contributed by atoms with van der Waals surface area (Å²) in [4.78, 5) is 37.7. The highest BCUT2D eigenvalue weighted by molar-refractivity contribution is 7.45. The molecule has 0 saturated heterocycles. The predicted molar refractivity (Wildman–Crippen MR) is 319 cm³/mol. The lowest BCUT2D eigenvalue weighted by molar-refractivity contribution is -0.870. The number of phosphoric ester groups is 1. The van der Waals surface area contributed by atoms with E-state index in [9.17, 15) is 19.0 Å². The van der Waals surface area contributed by atoms with Crippen molar-refractivity contribution in [3.05, 3.63) is 85.1 Å². The van der Waals surface area contributed by atoms with Crippen molar-refractivity contribution in [1.29, 1.82) is 0 Å². The number of unbranched alkanes of at least 4 members (excludes halogenated alkanes) is 28. The minimum atomic E-state index is -4.63. The Bertz CT molecular complexity index is 1540. The van der Waals surface area contributed by atoms with Gasteiger partial charge in [0.2, 0.25) is 0 Å². The van der Waals surface area contributed by atoms with Crippen molar-refractivity contribution >= 4 is 19.8 Å². The average molecular weight is 1070 g/mol. The first-order chi connectivity index (χ1) is 36.5. The Balaban J connectivity index is 3.88. The van der Waals surface area contributed by atoms with Crippen LogP contribution in [-0.2, 0) is 32.7 Å². The summed E-state index contributed by atoms with van der Waals surface area (Å²) >= 11 is 0. The van der Waals surface area contributed by atoms with Gasteiger partial charge in [-0.3, -0.25) is 14.2 Å². The quantitative estimate of drug-likeness (QED) is 0.0195. The van der Waals surface area contributed by atoms with Crippen LogP contribution in [0.2, 0.25) is 0 Å². The molecular weight excluding hydrogens is 954 g/mol. The number of hydrogen-bond acceptors (Lipinski definition) is 8. The minimum absolute atomic E-state index is 0.0302. The first-order valence-electron chi connectivity index (χ1n) is 30.8. The van der Waals surface area contributed by atoms with E-state index in [4.69, 9.17) is 18.5 Å². The van der Waals surface area contributed by atoms with E-state index in [2.05, 4.69) is 98.9 Å². The van der Waals surface area contributed by atoms with Gasteiger partial charge < -0.3 is 27.9 Å². The lowest BCUT2D eigenvalue weighted by Crippen LogP contribution is -2.37. The minimum Gasteiger partial charge on any atom is -0.756 e. The lowest BCUT2D eigenvalue weighted by Gasteiger charge is -2.28. The molecule has 434 valence electrons. The first kappa shape index (κ1) is 72.2. The van der Waals surface area contributed by atoms with Gasteiger partial charge in [-0.15, -0.1) is 0 Å². The largest absolute Gasteiger partial charge is 0.756 e. The predicted octanol–water partition coefficient (Wildman–Crippen LogP) is 18.8. The van der Waals surface area contributed by atoms with Crippen molar-refractivity contribution in [2.24, 2.45) is 0 Å². The number of rotatable bonds is 56. The van der Waals surface area contributed by atoms with Crippen LogP contribution in [0, 0.1) is 0 Å². The molecule has 0 heterocycles. The van der Waals surface area contributed by atoms with Crippen LogP contribution in [-0.4, -0.2) is 70.0 Å². The van der Waals surface area contributed by atoms with E-state index in [1.54, 1.807) is 0 Å². The lowest BCUT2D eigenvalue weighted by atomic mass is 10.0. The smallest absolute Gasteiger partial charge is 0.306 e. The summed E-state index contributed by atoms with van der Waals surface area (Å²) in [5, 5.41) is 0. The second-order valence-corrected chi connectivity index (χ2v) is 23.1. The summed E-state index contributed by atoms with van der Waals surface area (Å²) in [5.74, 6) is -0.827. The molecule has 0 aliphatic rings. The van der Waals surface area contributed by atoms with Crippen molar-refractivity contribution in [3.8, 4) is 0 Å². The third-order valence-electron chi connectivity index (χ3n) is 13.2. The fourth-order valence-corrected chi connectivity index (χ4v) is 9.19. The van der Waals surface area contributed by atoms with Crippen molar-refractivity contribution < 1.29 is 42.1 Å². The fraction of sp³-hybridized carbons (Fsp3) is 0.754. The third kappa shape index (κ3) is 60.3. The van der Waals surface area contributed by atoms with E-state index in [1.807, 2.05) is 21.1 Å². The summed E-state index contributed by atoms with van der Waals surface area (Å²) < 4.78 is 34.1. The van der Waals surface area contributed by atoms with Crippen LogP contribution < -0.4 is 4.89 Å². The van der Waals surface area contributed by atoms with Crippen molar-refractivity contribution in [2.45, 2.75) is 270 Å². The molecule has 0 aliphatic carbocycles. The third-order valence-corrected chi connectivity index (χ3v) is 14.1. The Morgan fingerprint density at radius 3 is 1.13 bits per heavy atom. The number of quaternary nitrogens is 1. The number of ether oxygens (including phenoxy) is 2. The molecule has 0 rings (SSSR count). The number of hydrogen-bond donors (Lipinski definition) is 0. The molecule has 75 heavy (non-hydrogen) atoms. The van der Waals surface area contributed by atoms with Gasteiger partial charge in [0.05, 0.1) is 27.7 Å². The number of carbonyl (C=O) groups excluding carboxylic acids is 2. The number of nitrogens with zero attached hydrogens (tertiary/aromatic N) is 1. The molecule has 0 spiro atoms. The molecule has 0 aromatic heterocycles. The Labute approximate surface area is 462 Å². The molecule has 2 atom stereocenters. The Morgan fingerprint density at radius 1 is 0.427 bits per heavy atom. The summed E-state index contributed by atoms with van der Waals surface area (Å²) in [7, 11) is 1.17. The van der Waals surface area contributed by atoms with Crippen LogP contribution >= 0.6 is 7.82 Å². The topological polar surface area (TPSA) is 111 Å². The Morgan fingerprint density at radius 2 is 0.760 bits per heavy atom. The molecule has 0 saturated carbocycles. The van der Waals surface area contributed by atoms with Gasteiger partial charge in [0.1, 0.15) is 19.8 Å². The molecule has 10 heteroatoms. The van der Waals surface area contributed by atoms with E-state index in [0.29, 0.717) is 17.4 Å².